The molecule has 3 atom stereocenters. The number of aromatic nitrogens is 2. The first kappa shape index (κ1) is 10.5. The Balaban J connectivity index is 2.16. The van der Waals surface area contributed by atoms with E-state index in [0.717, 1.165) is 17.8 Å². The molecule has 3 heteroatoms. The Bertz CT molecular complexity index is 318. The summed E-state index contributed by atoms with van der Waals surface area (Å²) >= 11 is 0. The normalized spacial score (nSPS) is 31.5. The molecule has 0 saturated heterocycles. The van der Waals surface area contributed by atoms with Crippen molar-refractivity contribution in [3.8, 4) is 0 Å². The summed E-state index contributed by atoms with van der Waals surface area (Å²) in [5.41, 5.74) is 0. The van der Waals surface area contributed by atoms with Gasteiger partial charge in [-0.1, -0.05) is 13.8 Å². The molecule has 3 nitrogen and oxygen atoms in total. The number of imidazole rings is 1. The van der Waals surface area contributed by atoms with Crippen LogP contribution in [0.1, 0.15) is 39.2 Å². The Morgan fingerprint density at radius 1 is 1.40 bits per heavy atom. The average molecular weight is 207 g/mol. The van der Waals surface area contributed by atoms with Crippen LogP contribution < -0.4 is 5.32 Å². The Hall–Kier alpha value is -0.990. The number of rotatable bonds is 2. The molecule has 1 aliphatic carbocycles. The molecule has 1 fully saturated rings. The maximum absolute atomic E-state index is 4.32. The van der Waals surface area contributed by atoms with E-state index in [0.29, 0.717) is 6.04 Å². The van der Waals surface area contributed by atoms with Crippen molar-refractivity contribution < 1.29 is 0 Å². The minimum Gasteiger partial charge on any atom is -0.359 e. The molecule has 1 heterocycles. The summed E-state index contributed by atoms with van der Waals surface area (Å²) in [5.74, 6) is 2.65. The second-order valence-electron chi connectivity index (χ2n) is 4.87. The predicted octanol–water partition coefficient (Wildman–Crippen LogP) is 2.92. The Kier molecular flexibility index (Phi) is 2.98. The maximum Gasteiger partial charge on any atom is 0.202 e. The molecular weight excluding hydrogens is 186 g/mol. The molecule has 1 saturated carbocycles. The molecular formula is C12H21N3. The van der Waals surface area contributed by atoms with Crippen LogP contribution in [0.5, 0.6) is 0 Å². The highest BCUT2D eigenvalue weighted by atomic mass is 15.2. The minimum atomic E-state index is 0.631. The third-order valence-electron chi connectivity index (χ3n) is 3.64. The molecule has 1 aromatic rings. The third-order valence-corrected chi connectivity index (χ3v) is 3.64. The highest BCUT2D eigenvalue weighted by molar-refractivity contribution is 5.25. The van der Waals surface area contributed by atoms with Crippen LogP contribution in [0.25, 0.3) is 0 Å². The summed E-state index contributed by atoms with van der Waals surface area (Å²) in [4.78, 5) is 4.32. The lowest BCUT2D eigenvalue weighted by Gasteiger charge is -2.34. The summed E-state index contributed by atoms with van der Waals surface area (Å²) in [6, 6.07) is 0.631. The molecule has 0 spiro atoms. The van der Waals surface area contributed by atoms with E-state index < -0.39 is 0 Å². The lowest BCUT2D eigenvalue weighted by Crippen LogP contribution is -2.25. The SMILES string of the molecule is CNc1nccn1C1CCC(C)CC1C. The lowest BCUT2D eigenvalue weighted by atomic mass is 9.80. The highest BCUT2D eigenvalue weighted by Crippen LogP contribution is 2.37. The van der Waals surface area contributed by atoms with Gasteiger partial charge in [0, 0.05) is 25.5 Å². The fourth-order valence-corrected chi connectivity index (χ4v) is 2.84. The number of anilines is 1. The first-order chi connectivity index (χ1) is 7.22. The zero-order valence-electron chi connectivity index (χ0n) is 9.90. The fraction of sp³-hybridized carbons (Fsp3) is 0.750. The molecule has 15 heavy (non-hydrogen) atoms. The van der Waals surface area contributed by atoms with E-state index in [9.17, 15) is 0 Å². The Morgan fingerprint density at radius 2 is 2.20 bits per heavy atom. The number of nitrogens with zero attached hydrogens (tertiary/aromatic N) is 2. The number of hydrogen-bond acceptors (Lipinski definition) is 2. The summed E-state index contributed by atoms with van der Waals surface area (Å²) in [5, 5.41) is 3.16. The molecule has 0 aliphatic heterocycles. The van der Waals surface area contributed by atoms with E-state index >= 15 is 0 Å². The molecule has 1 aliphatic rings. The molecule has 2 rings (SSSR count). The van der Waals surface area contributed by atoms with Gasteiger partial charge in [-0.05, 0) is 31.1 Å². The average Bonchev–Trinajstić information content (AvgIpc) is 2.65. The van der Waals surface area contributed by atoms with Crippen molar-refractivity contribution in [3.05, 3.63) is 12.4 Å². The van der Waals surface area contributed by atoms with E-state index in [2.05, 4.69) is 34.9 Å². The summed E-state index contributed by atoms with van der Waals surface area (Å²) in [7, 11) is 1.94. The lowest BCUT2D eigenvalue weighted by molar-refractivity contribution is 0.209. The third kappa shape index (κ3) is 2.01. The van der Waals surface area contributed by atoms with Gasteiger partial charge >= 0.3 is 0 Å². The van der Waals surface area contributed by atoms with E-state index in [1.165, 1.54) is 19.3 Å². The van der Waals surface area contributed by atoms with Crippen molar-refractivity contribution >= 4 is 5.95 Å². The van der Waals surface area contributed by atoms with Crippen LogP contribution in [0.15, 0.2) is 12.4 Å². The van der Waals surface area contributed by atoms with Gasteiger partial charge in [0.25, 0.3) is 0 Å². The topological polar surface area (TPSA) is 29.9 Å². The Labute approximate surface area is 91.9 Å². The molecule has 84 valence electrons. The van der Waals surface area contributed by atoms with Crippen LogP contribution in [0.2, 0.25) is 0 Å². The van der Waals surface area contributed by atoms with Gasteiger partial charge in [0.05, 0.1) is 0 Å². The van der Waals surface area contributed by atoms with Gasteiger partial charge in [-0.25, -0.2) is 4.98 Å². The first-order valence-electron chi connectivity index (χ1n) is 5.93. The molecule has 1 N–H and O–H groups in total. The quantitative estimate of drug-likeness (QED) is 0.808. The molecule has 0 aromatic carbocycles. The second kappa shape index (κ2) is 4.25. The van der Waals surface area contributed by atoms with Gasteiger partial charge in [-0.2, -0.15) is 0 Å². The van der Waals surface area contributed by atoms with Crippen molar-refractivity contribution in [2.45, 2.75) is 39.2 Å². The fourth-order valence-electron chi connectivity index (χ4n) is 2.84. The Morgan fingerprint density at radius 3 is 2.87 bits per heavy atom. The monoisotopic (exact) mass is 207 g/mol. The zero-order chi connectivity index (χ0) is 10.8. The maximum atomic E-state index is 4.32. The van der Waals surface area contributed by atoms with Crippen LogP contribution in [0.4, 0.5) is 5.95 Å². The highest BCUT2D eigenvalue weighted by Gasteiger charge is 2.27. The molecule has 0 bridgehead atoms. The predicted molar refractivity (Wildman–Crippen MR) is 63.0 cm³/mol. The van der Waals surface area contributed by atoms with E-state index in [1.54, 1.807) is 0 Å². The van der Waals surface area contributed by atoms with E-state index in [-0.39, 0.29) is 0 Å². The van der Waals surface area contributed by atoms with Gasteiger partial charge < -0.3 is 9.88 Å². The van der Waals surface area contributed by atoms with Crippen molar-refractivity contribution in [2.75, 3.05) is 12.4 Å². The second-order valence-corrected chi connectivity index (χ2v) is 4.87. The number of nitrogens with one attached hydrogen (secondary N) is 1. The molecule has 0 radical (unpaired) electrons. The van der Waals surface area contributed by atoms with Crippen LogP contribution >= 0.6 is 0 Å². The summed E-state index contributed by atoms with van der Waals surface area (Å²) in [6.07, 6.45) is 7.95. The smallest absolute Gasteiger partial charge is 0.202 e. The van der Waals surface area contributed by atoms with E-state index in [1.807, 2.05) is 13.2 Å². The van der Waals surface area contributed by atoms with Crippen molar-refractivity contribution in [2.24, 2.45) is 11.8 Å². The van der Waals surface area contributed by atoms with Crippen molar-refractivity contribution in [3.63, 3.8) is 0 Å². The largest absolute Gasteiger partial charge is 0.359 e. The van der Waals surface area contributed by atoms with Crippen LogP contribution in [-0.2, 0) is 0 Å². The van der Waals surface area contributed by atoms with Crippen LogP contribution in [-0.4, -0.2) is 16.6 Å². The van der Waals surface area contributed by atoms with Crippen molar-refractivity contribution in [1.29, 1.82) is 0 Å². The van der Waals surface area contributed by atoms with Gasteiger partial charge in [-0.15, -0.1) is 0 Å². The van der Waals surface area contributed by atoms with E-state index in [4.69, 9.17) is 0 Å². The minimum absolute atomic E-state index is 0.631. The van der Waals surface area contributed by atoms with Crippen molar-refractivity contribution in [1.82, 2.24) is 9.55 Å². The zero-order valence-corrected chi connectivity index (χ0v) is 9.90. The standard InChI is InChI=1S/C12H21N3/c1-9-4-5-11(10(2)8-9)15-7-6-14-12(15)13-3/h6-7,9-11H,4-5,8H2,1-3H3,(H,13,14). The number of hydrogen-bond donors (Lipinski definition) is 1. The summed E-state index contributed by atoms with van der Waals surface area (Å²) in [6.45, 7) is 4.72. The molecule has 3 unspecified atom stereocenters. The molecule has 0 amide bonds. The molecule has 1 aromatic heterocycles. The van der Waals surface area contributed by atoms with Gasteiger partial charge in [0.1, 0.15) is 0 Å². The first-order valence-corrected chi connectivity index (χ1v) is 5.93. The van der Waals surface area contributed by atoms with Gasteiger partial charge in [0.2, 0.25) is 5.95 Å². The van der Waals surface area contributed by atoms with Crippen LogP contribution in [0.3, 0.4) is 0 Å². The van der Waals surface area contributed by atoms with Crippen LogP contribution in [0, 0.1) is 11.8 Å². The van der Waals surface area contributed by atoms with Gasteiger partial charge in [-0.3, -0.25) is 0 Å². The van der Waals surface area contributed by atoms with Gasteiger partial charge in [0.15, 0.2) is 0 Å². The summed E-state index contributed by atoms with van der Waals surface area (Å²) < 4.78 is 2.30.